The van der Waals surface area contributed by atoms with Gasteiger partial charge in [0.15, 0.2) is 0 Å². The molecule has 2 unspecified atom stereocenters. The van der Waals surface area contributed by atoms with Crippen LogP contribution in [0.25, 0.3) is 0 Å². The van der Waals surface area contributed by atoms with Crippen molar-refractivity contribution in [2.45, 2.75) is 12.4 Å². The van der Waals surface area contributed by atoms with Gasteiger partial charge < -0.3 is 28.4 Å². The molecule has 17 heavy (non-hydrogen) atoms. The number of rotatable bonds is 12. The minimum Gasteiger partial charge on any atom is -0.359 e. The first-order valence-corrected chi connectivity index (χ1v) is 4.88. The molecule has 0 spiro atoms. The van der Waals surface area contributed by atoms with Gasteiger partial charge >= 0.3 is 0 Å². The van der Waals surface area contributed by atoms with Crippen molar-refractivity contribution in [2.24, 2.45) is 0 Å². The minimum absolute atomic E-state index is 0.0111. The van der Waals surface area contributed by atoms with E-state index >= 15 is 0 Å². The van der Waals surface area contributed by atoms with E-state index in [0.717, 1.165) is 0 Å². The molecule has 0 aliphatic rings. The summed E-state index contributed by atoms with van der Waals surface area (Å²) in [5, 5.41) is 8.69. The van der Waals surface area contributed by atoms with Gasteiger partial charge in [0, 0.05) is 21.3 Å². The van der Waals surface area contributed by atoms with Crippen molar-refractivity contribution in [3.8, 4) is 0 Å². The summed E-state index contributed by atoms with van der Waals surface area (Å²) in [5.74, 6) is 0. The maximum Gasteiger partial charge on any atom is 0.221 e. The summed E-state index contributed by atoms with van der Waals surface area (Å²) >= 11 is 0. The molecule has 0 aliphatic carbocycles. The summed E-state index contributed by atoms with van der Waals surface area (Å²) in [6.45, 7) is 0.154. The Hall–Kier alpha value is -0.320. The van der Waals surface area contributed by atoms with Crippen molar-refractivity contribution < 1.29 is 38.6 Å². The van der Waals surface area contributed by atoms with E-state index in [1.54, 1.807) is 0 Å². The smallest absolute Gasteiger partial charge is 0.221 e. The Labute approximate surface area is 100 Å². The van der Waals surface area contributed by atoms with Gasteiger partial charge in [-0.15, -0.1) is 0 Å². The number of hydrogen-bond donors (Lipinski definition) is 1. The van der Waals surface area contributed by atoms with E-state index in [4.69, 9.17) is 28.9 Å². The van der Waals surface area contributed by atoms with E-state index in [1.165, 1.54) is 21.3 Å². The van der Waals surface area contributed by atoms with E-state index in [2.05, 4.69) is 9.62 Å². The lowest BCUT2D eigenvalue weighted by Gasteiger charge is -2.23. The van der Waals surface area contributed by atoms with Crippen molar-refractivity contribution in [1.29, 1.82) is 0 Å². The average molecular weight is 256 g/mol. The fourth-order valence-corrected chi connectivity index (χ4v) is 0.949. The zero-order chi connectivity index (χ0) is 12.9. The first-order valence-electron chi connectivity index (χ1n) is 4.88. The van der Waals surface area contributed by atoms with Crippen LogP contribution in [0, 0.1) is 0 Å². The molecule has 0 bridgehead atoms. The Kier molecular flexibility index (Phi) is 11.9. The van der Waals surface area contributed by atoms with Crippen molar-refractivity contribution in [3.05, 3.63) is 0 Å². The first-order chi connectivity index (χ1) is 8.29. The van der Waals surface area contributed by atoms with Crippen LogP contribution in [0.15, 0.2) is 0 Å². The molecule has 2 atom stereocenters. The number of methoxy groups -OCH3 is 3. The van der Waals surface area contributed by atoms with E-state index in [0.29, 0.717) is 0 Å². The number of ether oxygens (including phenoxy) is 6. The fourth-order valence-electron chi connectivity index (χ4n) is 0.949. The fraction of sp³-hybridized carbons (Fsp3) is 1.00. The van der Waals surface area contributed by atoms with E-state index in [9.17, 15) is 0 Å². The van der Waals surface area contributed by atoms with Gasteiger partial charge in [-0.05, 0) is 0 Å². The zero-order valence-electron chi connectivity index (χ0n) is 10.3. The predicted octanol–water partition coefficient (Wildman–Crippen LogP) is 0.0322. The second-order valence-electron chi connectivity index (χ2n) is 2.94. The summed E-state index contributed by atoms with van der Waals surface area (Å²) < 4.78 is 29.5. The predicted molar refractivity (Wildman–Crippen MR) is 55.0 cm³/mol. The maximum absolute atomic E-state index is 8.69. The van der Waals surface area contributed by atoms with Gasteiger partial charge in [0.1, 0.15) is 26.5 Å². The molecule has 0 aliphatic heterocycles. The van der Waals surface area contributed by atoms with Gasteiger partial charge in [0.05, 0.1) is 6.61 Å². The van der Waals surface area contributed by atoms with Crippen LogP contribution in [0.2, 0.25) is 0 Å². The molecule has 0 saturated heterocycles. The van der Waals surface area contributed by atoms with Crippen LogP contribution in [0.5, 0.6) is 0 Å². The second kappa shape index (κ2) is 12.1. The highest BCUT2D eigenvalue weighted by Gasteiger charge is 2.25. The van der Waals surface area contributed by atoms with E-state index in [-0.39, 0.29) is 27.0 Å². The third kappa shape index (κ3) is 8.41. The van der Waals surface area contributed by atoms with Crippen LogP contribution in [0.1, 0.15) is 0 Å². The third-order valence-corrected chi connectivity index (χ3v) is 1.64. The molecule has 0 rings (SSSR count). The Morgan fingerprint density at radius 1 is 0.882 bits per heavy atom. The highest BCUT2D eigenvalue weighted by atomic mass is 17.1. The molecular formula is C9H20O8. The first kappa shape index (κ1) is 16.7. The summed E-state index contributed by atoms with van der Waals surface area (Å²) in [6.07, 6.45) is -1.72. The monoisotopic (exact) mass is 256 g/mol. The molecule has 8 nitrogen and oxygen atoms in total. The van der Waals surface area contributed by atoms with Crippen LogP contribution in [-0.2, 0) is 33.3 Å². The quantitative estimate of drug-likeness (QED) is 0.226. The van der Waals surface area contributed by atoms with Crippen LogP contribution in [0.3, 0.4) is 0 Å². The van der Waals surface area contributed by atoms with E-state index in [1.807, 2.05) is 0 Å². The minimum atomic E-state index is -1.04. The van der Waals surface area contributed by atoms with Gasteiger partial charge in [-0.2, -0.15) is 0 Å². The highest BCUT2D eigenvalue weighted by molar-refractivity contribution is 4.60. The number of hydrogen-bond acceptors (Lipinski definition) is 8. The zero-order valence-corrected chi connectivity index (χ0v) is 10.3. The summed E-state index contributed by atoms with van der Waals surface area (Å²) in [5.41, 5.74) is 0. The van der Waals surface area contributed by atoms with Crippen molar-refractivity contribution in [1.82, 2.24) is 0 Å². The molecule has 0 aromatic carbocycles. The average Bonchev–Trinajstić information content (AvgIpc) is 2.36. The standard InChI is InChI=1S/C9H20O8/c1-11-5-14-4-8(15-6-12-2)9(17-10)16-7-13-3/h8-10H,4-7H2,1-3H3. The molecule has 0 aromatic rings. The topological polar surface area (TPSA) is 84.8 Å². The molecule has 1 N–H and O–H groups in total. The SMILES string of the molecule is COCOCC(OCOC)C(OO)OCOC. The van der Waals surface area contributed by atoms with Crippen molar-refractivity contribution in [3.63, 3.8) is 0 Å². The Bertz CT molecular complexity index is 156. The van der Waals surface area contributed by atoms with Gasteiger partial charge in [-0.25, -0.2) is 10.1 Å². The van der Waals surface area contributed by atoms with E-state index < -0.39 is 12.4 Å². The van der Waals surface area contributed by atoms with Crippen molar-refractivity contribution in [2.75, 3.05) is 48.3 Å². The third-order valence-electron chi connectivity index (χ3n) is 1.64. The maximum atomic E-state index is 8.69. The molecule has 8 heteroatoms. The molecule has 104 valence electrons. The largest absolute Gasteiger partial charge is 0.359 e. The van der Waals surface area contributed by atoms with Crippen LogP contribution in [0.4, 0.5) is 0 Å². The molecule has 0 amide bonds. The summed E-state index contributed by atoms with van der Waals surface area (Å²) in [4.78, 5) is 4.14. The van der Waals surface area contributed by atoms with Gasteiger partial charge in [0.2, 0.25) is 6.29 Å². The summed E-state index contributed by atoms with van der Waals surface area (Å²) in [7, 11) is 4.41. The normalized spacial score (nSPS) is 14.8. The highest BCUT2D eigenvalue weighted by Crippen LogP contribution is 2.07. The Morgan fingerprint density at radius 2 is 1.47 bits per heavy atom. The molecule has 0 aromatic heterocycles. The Balaban J connectivity index is 4.08. The molecule has 0 saturated carbocycles. The van der Waals surface area contributed by atoms with Gasteiger partial charge in [0.25, 0.3) is 0 Å². The molecule has 0 heterocycles. The lowest BCUT2D eigenvalue weighted by molar-refractivity contribution is -0.385. The van der Waals surface area contributed by atoms with Crippen LogP contribution in [-0.4, -0.2) is 66.0 Å². The molecule has 0 radical (unpaired) electrons. The van der Waals surface area contributed by atoms with Crippen molar-refractivity contribution >= 4 is 0 Å². The van der Waals surface area contributed by atoms with Gasteiger partial charge in [-0.1, -0.05) is 0 Å². The lowest BCUT2D eigenvalue weighted by atomic mass is 10.3. The Morgan fingerprint density at radius 3 is 2.00 bits per heavy atom. The molecular weight excluding hydrogens is 236 g/mol. The van der Waals surface area contributed by atoms with Gasteiger partial charge in [-0.3, -0.25) is 0 Å². The summed E-state index contributed by atoms with van der Waals surface area (Å²) in [6, 6.07) is 0. The van der Waals surface area contributed by atoms with Crippen LogP contribution >= 0.6 is 0 Å². The van der Waals surface area contributed by atoms with Crippen LogP contribution < -0.4 is 0 Å². The lowest BCUT2D eigenvalue weighted by Crippen LogP contribution is -2.38. The second-order valence-corrected chi connectivity index (χ2v) is 2.94. The molecule has 0 fully saturated rings.